The molecular formula is C15H18N2O2S2. The Morgan fingerprint density at radius 3 is 3.05 bits per heavy atom. The lowest BCUT2D eigenvalue weighted by Crippen LogP contribution is -2.05. The summed E-state index contributed by atoms with van der Waals surface area (Å²) in [5.74, 6) is 1.08. The van der Waals surface area contributed by atoms with Crippen molar-refractivity contribution in [3.05, 3.63) is 36.4 Å². The van der Waals surface area contributed by atoms with Crippen molar-refractivity contribution in [3.63, 3.8) is 0 Å². The molecule has 0 bridgehead atoms. The van der Waals surface area contributed by atoms with Crippen molar-refractivity contribution in [2.24, 2.45) is 0 Å². The number of carboxylic acids is 1. The molecule has 2 aromatic rings. The summed E-state index contributed by atoms with van der Waals surface area (Å²) in [5, 5.41) is 9.65. The van der Waals surface area contributed by atoms with E-state index in [2.05, 4.69) is 29.1 Å². The fourth-order valence-corrected chi connectivity index (χ4v) is 3.51. The Labute approximate surface area is 132 Å². The number of aromatic nitrogens is 2. The Bertz CT molecular complexity index is 652. The number of imidazole rings is 1. The van der Waals surface area contributed by atoms with Crippen molar-refractivity contribution < 1.29 is 9.90 Å². The number of thioether (sulfide) groups is 2. The standard InChI is InChI=1S/C15H18N2O2S2/c1-3-8-20-9-7-17-14-11(2)5-4-6-12(14)16-15(17)21-10-13(18)19/h3-6H,1,7-10H2,2H3,(H,18,19). The molecule has 1 heterocycles. The Morgan fingerprint density at radius 1 is 1.52 bits per heavy atom. The van der Waals surface area contributed by atoms with Gasteiger partial charge in [0, 0.05) is 18.1 Å². The lowest BCUT2D eigenvalue weighted by atomic mass is 10.2. The molecule has 0 aliphatic heterocycles. The van der Waals surface area contributed by atoms with Crippen molar-refractivity contribution in [1.29, 1.82) is 0 Å². The number of benzene rings is 1. The van der Waals surface area contributed by atoms with Crippen molar-refractivity contribution >= 4 is 40.5 Å². The van der Waals surface area contributed by atoms with Gasteiger partial charge in [0.05, 0.1) is 16.8 Å². The van der Waals surface area contributed by atoms with Gasteiger partial charge in [0.15, 0.2) is 5.16 Å². The van der Waals surface area contributed by atoms with E-state index in [-0.39, 0.29) is 5.75 Å². The van der Waals surface area contributed by atoms with E-state index in [1.807, 2.05) is 18.2 Å². The molecule has 1 N–H and O–H groups in total. The second kappa shape index (κ2) is 7.56. The highest BCUT2D eigenvalue weighted by Gasteiger charge is 2.13. The first-order valence-electron chi connectivity index (χ1n) is 6.62. The van der Waals surface area contributed by atoms with E-state index in [1.165, 1.54) is 11.8 Å². The molecular weight excluding hydrogens is 304 g/mol. The van der Waals surface area contributed by atoms with Gasteiger partial charge in [-0.3, -0.25) is 4.79 Å². The fourth-order valence-electron chi connectivity index (χ4n) is 2.11. The van der Waals surface area contributed by atoms with Crippen LogP contribution < -0.4 is 0 Å². The minimum absolute atomic E-state index is 0.0299. The molecule has 0 unspecified atom stereocenters. The van der Waals surface area contributed by atoms with Crippen LogP contribution in [0.15, 0.2) is 36.0 Å². The highest BCUT2D eigenvalue weighted by molar-refractivity contribution is 8.00. The lowest BCUT2D eigenvalue weighted by Gasteiger charge is -2.09. The third kappa shape index (κ3) is 4.04. The van der Waals surface area contributed by atoms with Crippen LogP contribution in [0.2, 0.25) is 0 Å². The molecule has 0 radical (unpaired) electrons. The number of aliphatic carboxylic acids is 1. The molecule has 21 heavy (non-hydrogen) atoms. The zero-order valence-electron chi connectivity index (χ0n) is 11.9. The van der Waals surface area contributed by atoms with Gasteiger partial charge in [-0.25, -0.2) is 4.98 Å². The Kier molecular flexibility index (Phi) is 5.76. The van der Waals surface area contributed by atoms with Crippen LogP contribution in [0.3, 0.4) is 0 Å². The number of para-hydroxylation sites is 1. The van der Waals surface area contributed by atoms with Gasteiger partial charge in [0.25, 0.3) is 0 Å². The number of aryl methyl sites for hydroxylation is 2. The van der Waals surface area contributed by atoms with Crippen molar-refractivity contribution in [2.75, 3.05) is 17.3 Å². The highest BCUT2D eigenvalue weighted by atomic mass is 32.2. The molecule has 6 heteroatoms. The lowest BCUT2D eigenvalue weighted by molar-refractivity contribution is -0.133. The van der Waals surface area contributed by atoms with Gasteiger partial charge in [-0.15, -0.1) is 6.58 Å². The number of rotatable bonds is 8. The van der Waals surface area contributed by atoms with Crippen molar-refractivity contribution in [2.45, 2.75) is 18.6 Å². The Hall–Kier alpha value is -1.40. The summed E-state index contributed by atoms with van der Waals surface area (Å²) < 4.78 is 2.13. The normalized spacial score (nSPS) is 10.9. The minimum atomic E-state index is -0.823. The second-order valence-electron chi connectivity index (χ2n) is 4.53. The molecule has 0 saturated carbocycles. The topological polar surface area (TPSA) is 55.1 Å². The smallest absolute Gasteiger partial charge is 0.313 e. The molecule has 1 aromatic heterocycles. The zero-order valence-corrected chi connectivity index (χ0v) is 13.5. The SMILES string of the molecule is C=CCSCCn1c(SCC(=O)O)nc2cccc(C)c21. The number of nitrogens with zero attached hydrogens (tertiary/aromatic N) is 2. The largest absolute Gasteiger partial charge is 0.481 e. The van der Waals surface area contributed by atoms with Crippen LogP contribution in [0, 0.1) is 6.92 Å². The van der Waals surface area contributed by atoms with Crippen molar-refractivity contribution in [1.82, 2.24) is 9.55 Å². The quantitative estimate of drug-likeness (QED) is 0.458. The van der Waals surface area contributed by atoms with Gasteiger partial charge in [-0.2, -0.15) is 11.8 Å². The van der Waals surface area contributed by atoms with Gasteiger partial charge in [0.2, 0.25) is 0 Å². The molecule has 1 aromatic carbocycles. The maximum atomic E-state index is 10.8. The summed E-state index contributed by atoms with van der Waals surface area (Å²) in [6, 6.07) is 6.01. The number of hydrogen-bond donors (Lipinski definition) is 1. The van der Waals surface area contributed by atoms with E-state index in [9.17, 15) is 4.79 Å². The molecule has 0 fully saturated rings. The zero-order chi connectivity index (χ0) is 15.2. The second-order valence-corrected chi connectivity index (χ2v) is 6.63. The molecule has 0 spiro atoms. The molecule has 4 nitrogen and oxygen atoms in total. The summed E-state index contributed by atoms with van der Waals surface area (Å²) in [6.45, 7) is 6.60. The Balaban J connectivity index is 2.29. The monoisotopic (exact) mass is 322 g/mol. The molecule has 0 amide bonds. The van der Waals surface area contributed by atoms with E-state index >= 15 is 0 Å². The molecule has 0 saturated heterocycles. The van der Waals surface area contributed by atoms with E-state index < -0.39 is 5.97 Å². The molecule has 0 atom stereocenters. The first kappa shape index (κ1) is 16.0. The van der Waals surface area contributed by atoms with Gasteiger partial charge >= 0.3 is 5.97 Å². The summed E-state index contributed by atoms with van der Waals surface area (Å²) in [5.41, 5.74) is 3.19. The van der Waals surface area contributed by atoms with Crippen LogP contribution in [-0.4, -0.2) is 37.9 Å². The van der Waals surface area contributed by atoms with Crippen LogP contribution in [-0.2, 0) is 11.3 Å². The summed E-state index contributed by atoms with van der Waals surface area (Å²) in [7, 11) is 0. The Morgan fingerprint density at radius 2 is 2.33 bits per heavy atom. The number of fused-ring (bicyclic) bond motifs is 1. The van der Waals surface area contributed by atoms with E-state index in [4.69, 9.17) is 5.11 Å². The average Bonchev–Trinajstić information content (AvgIpc) is 2.80. The summed E-state index contributed by atoms with van der Waals surface area (Å²) >= 11 is 3.08. The number of carboxylic acid groups (broad SMARTS) is 1. The van der Waals surface area contributed by atoms with Crippen LogP contribution >= 0.6 is 23.5 Å². The molecule has 112 valence electrons. The minimum Gasteiger partial charge on any atom is -0.481 e. The molecule has 0 aliphatic rings. The van der Waals surface area contributed by atoms with Crippen molar-refractivity contribution in [3.8, 4) is 0 Å². The van der Waals surface area contributed by atoms with Gasteiger partial charge in [0.1, 0.15) is 0 Å². The average molecular weight is 322 g/mol. The third-order valence-corrected chi connectivity index (χ3v) is 4.86. The predicted molar refractivity (Wildman–Crippen MR) is 90.4 cm³/mol. The van der Waals surface area contributed by atoms with Crippen LogP contribution in [0.5, 0.6) is 0 Å². The fraction of sp³-hybridized carbons (Fsp3) is 0.333. The van der Waals surface area contributed by atoms with Crippen LogP contribution in [0.25, 0.3) is 11.0 Å². The maximum Gasteiger partial charge on any atom is 0.313 e. The first-order chi connectivity index (χ1) is 10.1. The predicted octanol–water partition coefficient (Wildman–Crippen LogP) is 3.44. The summed E-state index contributed by atoms with van der Waals surface area (Å²) in [4.78, 5) is 15.4. The van der Waals surface area contributed by atoms with E-state index in [1.54, 1.807) is 11.8 Å². The van der Waals surface area contributed by atoms with E-state index in [0.29, 0.717) is 0 Å². The summed E-state index contributed by atoms with van der Waals surface area (Å²) in [6.07, 6.45) is 1.89. The maximum absolute atomic E-state index is 10.8. The highest BCUT2D eigenvalue weighted by Crippen LogP contribution is 2.26. The van der Waals surface area contributed by atoms with Crippen LogP contribution in [0.1, 0.15) is 5.56 Å². The molecule has 0 aliphatic carbocycles. The van der Waals surface area contributed by atoms with Gasteiger partial charge < -0.3 is 9.67 Å². The van der Waals surface area contributed by atoms with Crippen LogP contribution in [0.4, 0.5) is 0 Å². The third-order valence-electron chi connectivity index (χ3n) is 2.95. The van der Waals surface area contributed by atoms with E-state index in [0.717, 1.165) is 39.8 Å². The van der Waals surface area contributed by atoms with Gasteiger partial charge in [-0.1, -0.05) is 30.0 Å². The first-order valence-corrected chi connectivity index (χ1v) is 8.76. The van der Waals surface area contributed by atoms with Gasteiger partial charge in [-0.05, 0) is 18.6 Å². The number of hydrogen-bond acceptors (Lipinski definition) is 4. The molecule has 2 rings (SSSR count). The number of carbonyl (C=O) groups is 1.